The fourth-order valence-electron chi connectivity index (χ4n) is 2.13. The third-order valence-electron chi connectivity index (χ3n) is 3.06. The molecule has 0 radical (unpaired) electrons. The lowest BCUT2D eigenvalue weighted by atomic mass is 9.97. The zero-order valence-corrected chi connectivity index (χ0v) is 10.2. The van der Waals surface area contributed by atoms with Gasteiger partial charge in [0.2, 0.25) is 6.79 Å². The average Bonchev–Trinajstić information content (AvgIpc) is 2.84. The zero-order chi connectivity index (χ0) is 13.4. The normalized spacial score (nSPS) is 12.5. The Morgan fingerprint density at radius 3 is 2.74 bits per heavy atom. The van der Waals surface area contributed by atoms with E-state index in [0.717, 1.165) is 11.1 Å². The van der Waals surface area contributed by atoms with E-state index in [-0.39, 0.29) is 12.4 Å². The van der Waals surface area contributed by atoms with Gasteiger partial charge in [-0.1, -0.05) is 0 Å². The molecule has 1 aliphatic rings. The van der Waals surface area contributed by atoms with Crippen molar-refractivity contribution in [1.29, 1.82) is 0 Å². The molecular weight excluding hydrogens is 246 g/mol. The van der Waals surface area contributed by atoms with E-state index < -0.39 is 5.97 Å². The predicted molar refractivity (Wildman–Crippen MR) is 67.5 cm³/mol. The number of aromatic carboxylic acids is 1. The van der Waals surface area contributed by atoms with Crippen molar-refractivity contribution in [3.05, 3.63) is 41.7 Å². The van der Waals surface area contributed by atoms with Crippen molar-refractivity contribution in [3.63, 3.8) is 0 Å². The van der Waals surface area contributed by atoms with Gasteiger partial charge < -0.3 is 14.6 Å². The molecule has 1 aromatic heterocycles. The van der Waals surface area contributed by atoms with Gasteiger partial charge in [0.25, 0.3) is 0 Å². The van der Waals surface area contributed by atoms with Crippen molar-refractivity contribution >= 4 is 5.97 Å². The number of carbonyl (C=O) groups is 1. The van der Waals surface area contributed by atoms with Crippen molar-refractivity contribution in [3.8, 4) is 22.6 Å². The fourth-order valence-corrected chi connectivity index (χ4v) is 2.13. The summed E-state index contributed by atoms with van der Waals surface area (Å²) in [7, 11) is 0. The zero-order valence-electron chi connectivity index (χ0n) is 10.2. The van der Waals surface area contributed by atoms with Crippen LogP contribution >= 0.6 is 0 Å². The van der Waals surface area contributed by atoms with E-state index in [0.29, 0.717) is 17.1 Å². The van der Waals surface area contributed by atoms with Crippen LogP contribution in [0.2, 0.25) is 0 Å². The number of ether oxygens (including phenoxy) is 2. The number of aryl methyl sites for hydroxylation is 1. The Morgan fingerprint density at radius 1 is 1.26 bits per heavy atom. The second-order valence-corrected chi connectivity index (χ2v) is 4.25. The molecule has 96 valence electrons. The molecule has 2 aromatic rings. The molecule has 0 unspecified atom stereocenters. The van der Waals surface area contributed by atoms with Crippen LogP contribution in [0.1, 0.15) is 15.9 Å². The number of rotatable bonds is 2. The van der Waals surface area contributed by atoms with Gasteiger partial charge in [-0.25, -0.2) is 4.79 Å². The number of carboxylic acid groups (broad SMARTS) is 1. The molecule has 5 heteroatoms. The summed E-state index contributed by atoms with van der Waals surface area (Å²) in [4.78, 5) is 15.1. The standard InChI is InChI=1S/C14H11NO4/c1-8-4-12-13(19-7-18-12)5-10(8)9-2-3-15-6-11(9)14(16)17/h2-6H,7H2,1H3,(H,16,17). The number of benzene rings is 1. The van der Waals surface area contributed by atoms with E-state index in [9.17, 15) is 9.90 Å². The van der Waals surface area contributed by atoms with Gasteiger partial charge in [-0.15, -0.1) is 0 Å². The Kier molecular flexibility index (Phi) is 2.59. The lowest BCUT2D eigenvalue weighted by molar-refractivity contribution is 0.0697. The van der Waals surface area contributed by atoms with Crippen LogP contribution in [-0.4, -0.2) is 22.9 Å². The van der Waals surface area contributed by atoms with Crippen LogP contribution < -0.4 is 9.47 Å². The molecule has 1 N–H and O–H groups in total. The van der Waals surface area contributed by atoms with Crippen molar-refractivity contribution in [1.82, 2.24) is 4.98 Å². The highest BCUT2D eigenvalue weighted by molar-refractivity contribution is 5.96. The lowest BCUT2D eigenvalue weighted by Crippen LogP contribution is -2.01. The fraction of sp³-hybridized carbons (Fsp3) is 0.143. The molecule has 3 rings (SSSR count). The summed E-state index contributed by atoms with van der Waals surface area (Å²) in [6.45, 7) is 2.10. The van der Waals surface area contributed by atoms with Crippen LogP contribution in [0.4, 0.5) is 0 Å². The summed E-state index contributed by atoms with van der Waals surface area (Å²) >= 11 is 0. The number of nitrogens with zero attached hydrogens (tertiary/aromatic N) is 1. The highest BCUT2D eigenvalue weighted by Crippen LogP contribution is 2.39. The van der Waals surface area contributed by atoms with E-state index in [4.69, 9.17) is 9.47 Å². The first-order valence-electron chi connectivity index (χ1n) is 5.75. The molecule has 1 aliphatic heterocycles. The second kappa shape index (κ2) is 4.28. The Morgan fingerprint density at radius 2 is 2.00 bits per heavy atom. The molecule has 19 heavy (non-hydrogen) atoms. The first-order chi connectivity index (χ1) is 9.16. The first-order valence-corrected chi connectivity index (χ1v) is 5.75. The van der Waals surface area contributed by atoms with Gasteiger partial charge in [0, 0.05) is 12.4 Å². The lowest BCUT2D eigenvalue weighted by Gasteiger charge is -2.10. The van der Waals surface area contributed by atoms with E-state index in [2.05, 4.69) is 4.98 Å². The van der Waals surface area contributed by atoms with E-state index >= 15 is 0 Å². The van der Waals surface area contributed by atoms with Gasteiger partial charge in [0.1, 0.15) is 0 Å². The van der Waals surface area contributed by atoms with E-state index in [1.165, 1.54) is 6.20 Å². The molecule has 5 nitrogen and oxygen atoms in total. The Bertz CT molecular complexity index is 666. The van der Waals surface area contributed by atoms with Crippen LogP contribution in [0.5, 0.6) is 11.5 Å². The minimum atomic E-state index is -1.000. The van der Waals surface area contributed by atoms with E-state index in [1.54, 1.807) is 18.3 Å². The summed E-state index contributed by atoms with van der Waals surface area (Å²) in [6, 6.07) is 5.34. The largest absolute Gasteiger partial charge is 0.478 e. The number of aromatic nitrogens is 1. The molecule has 0 saturated carbocycles. The van der Waals surface area contributed by atoms with Gasteiger partial charge in [0.05, 0.1) is 5.56 Å². The summed E-state index contributed by atoms with van der Waals surface area (Å²) in [5.41, 5.74) is 2.53. The molecule has 0 fully saturated rings. The average molecular weight is 257 g/mol. The minimum absolute atomic E-state index is 0.171. The third kappa shape index (κ3) is 1.89. The van der Waals surface area contributed by atoms with Crippen molar-refractivity contribution in [2.24, 2.45) is 0 Å². The van der Waals surface area contributed by atoms with Gasteiger partial charge in [-0.2, -0.15) is 0 Å². The van der Waals surface area contributed by atoms with Crippen molar-refractivity contribution < 1.29 is 19.4 Å². The SMILES string of the molecule is Cc1cc2c(cc1-c1ccncc1C(=O)O)OCO2. The summed E-state index contributed by atoms with van der Waals surface area (Å²) in [6.07, 6.45) is 2.92. The summed E-state index contributed by atoms with van der Waals surface area (Å²) in [5.74, 6) is 0.320. The maximum absolute atomic E-state index is 11.2. The van der Waals surface area contributed by atoms with Crippen LogP contribution in [0.15, 0.2) is 30.6 Å². The highest BCUT2D eigenvalue weighted by atomic mass is 16.7. The van der Waals surface area contributed by atoms with Crippen molar-refractivity contribution in [2.75, 3.05) is 6.79 Å². The third-order valence-corrected chi connectivity index (χ3v) is 3.06. The molecule has 1 aromatic carbocycles. The number of hydrogen-bond acceptors (Lipinski definition) is 4. The van der Waals surface area contributed by atoms with Crippen LogP contribution in [-0.2, 0) is 0 Å². The van der Waals surface area contributed by atoms with Crippen molar-refractivity contribution in [2.45, 2.75) is 6.92 Å². The molecule has 0 spiro atoms. The number of pyridine rings is 1. The van der Waals surface area contributed by atoms with Gasteiger partial charge >= 0.3 is 5.97 Å². The topological polar surface area (TPSA) is 68.7 Å². The molecule has 0 atom stereocenters. The predicted octanol–water partition coefficient (Wildman–Crippen LogP) is 2.48. The van der Waals surface area contributed by atoms with Crippen LogP contribution in [0.3, 0.4) is 0 Å². The molecule has 0 saturated heterocycles. The summed E-state index contributed by atoms with van der Waals surface area (Å²) < 4.78 is 10.6. The molecule has 0 bridgehead atoms. The number of carboxylic acids is 1. The highest BCUT2D eigenvalue weighted by Gasteiger charge is 2.19. The Balaban J connectivity index is 2.20. The Hall–Kier alpha value is -2.56. The molecular formula is C14H11NO4. The molecule has 2 heterocycles. The number of fused-ring (bicyclic) bond motifs is 1. The minimum Gasteiger partial charge on any atom is -0.478 e. The van der Waals surface area contributed by atoms with Crippen LogP contribution in [0, 0.1) is 6.92 Å². The number of hydrogen-bond donors (Lipinski definition) is 1. The summed E-state index contributed by atoms with van der Waals surface area (Å²) in [5, 5.41) is 9.22. The smallest absolute Gasteiger partial charge is 0.337 e. The first kappa shape index (κ1) is 11.5. The molecule has 0 amide bonds. The maximum atomic E-state index is 11.2. The van der Waals surface area contributed by atoms with Gasteiger partial charge in [0.15, 0.2) is 11.5 Å². The molecule has 0 aliphatic carbocycles. The van der Waals surface area contributed by atoms with Gasteiger partial charge in [-0.3, -0.25) is 4.98 Å². The maximum Gasteiger partial charge on any atom is 0.337 e. The monoisotopic (exact) mass is 257 g/mol. The van der Waals surface area contributed by atoms with Gasteiger partial charge in [-0.05, 0) is 41.8 Å². The van der Waals surface area contributed by atoms with Crippen LogP contribution in [0.25, 0.3) is 11.1 Å². The quantitative estimate of drug-likeness (QED) is 0.895. The Labute approximate surface area is 109 Å². The second-order valence-electron chi connectivity index (χ2n) is 4.25. The van der Waals surface area contributed by atoms with E-state index in [1.807, 2.05) is 13.0 Å².